The molecule has 2 N–H and O–H groups in total. The molecule has 2 aromatic heterocycles. The number of hydrogen-bond donors (Lipinski definition) is 2. The molecular formula is C19H14N2O3. The summed E-state index contributed by atoms with van der Waals surface area (Å²) >= 11 is 0. The Morgan fingerprint density at radius 2 is 1.96 bits per heavy atom. The summed E-state index contributed by atoms with van der Waals surface area (Å²) in [5, 5.41) is 13.9. The second-order valence-electron chi connectivity index (χ2n) is 5.45. The smallest absolute Gasteiger partial charge is 0.253 e. The molecule has 4 rings (SSSR count). The molecule has 0 radical (unpaired) electrons. The SMILES string of the molecule is CNC(=O)c1cnc2oc3ccc(O)cc3c2c1-c1ccccc1. The monoisotopic (exact) mass is 318 g/mol. The number of fused-ring (bicyclic) bond motifs is 3. The van der Waals surface area contributed by atoms with Crippen molar-refractivity contribution in [2.75, 3.05) is 7.05 Å². The van der Waals surface area contributed by atoms with Gasteiger partial charge in [0, 0.05) is 24.2 Å². The number of aromatic hydroxyl groups is 1. The number of furan rings is 1. The first-order valence-corrected chi connectivity index (χ1v) is 7.51. The summed E-state index contributed by atoms with van der Waals surface area (Å²) in [6, 6.07) is 14.5. The lowest BCUT2D eigenvalue weighted by molar-refractivity contribution is 0.0963. The van der Waals surface area contributed by atoms with E-state index in [2.05, 4.69) is 10.3 Å². The van der Waals surface area contributed by atoms with Crippen LogP contribution in [0.1, 0.15) is 10.4 Å². The fourth-order valence-electron chi connectivity index (χ4n) is 2.94. The Bertz CT molecular complexity index is 1070. The van der Waals surface area contributed by atoms with Gasteiger partial charge in [-0.05, 0) is 23.8 Å². The summed E-state index contributed by atoms with van der Waals surface area (Å²) in [6.07, 6.45) is 1.52. The Morgan fingerprint density at radius 3 is 2.71 bits per heavy atom. The van der Waals surface area contributed by atoms with Crippen molar-refractivity contribution in [3.63, 3.8) is 0 Å². The third-order valence-corrected chi connectivity index (χ3v) is 4.02. The van der Waals surface area contributed by atoms with Crippen LogP contribution >= 0.6 is 0 Å². The number of carbonyl (C=O) groups excluding carboxylic acids is 1. The Balaban J connectivity index is 2.19. The highest BCUT2D eigenvalue weighted by molar-refractivity contribution is 6.16. The summed E-state index contributed by atoms with van der Waals surface area (Å²) in [5.74, 6) is -0.0905. The number of benzene rings is 2. The van der Waals surface area contributed by atoms with E-state index >= 15 is 0 Å². The van der Waals surface area contributed by atoms with Gasteiger partial charge < -0.3 is 14.8 Å². The lowest BCUT2D eigenvalue weighted by atomic mass is 9.96. The van der Waals surface area contributed by atoms with E-state index in [4.69, 9.17) is 4.42 Å². The molecule has 0 aliphatic heterocycles. The molecule has 0 atom stereocenters. The second-order valence-corrected chi connectivity index (χ2v) is 5.45. The molecule has 0 fully saturated rings. The van der Waals surface area contributed by atoms with Crippen LogP contribution in [0.5, 0.6) is 5.75 Å². The number of nitrogens with one attached hydrogen (secondary N) is 1. The highest BCUT2D eigenvalue weighted by Gasteiger charge is 2.20. The van der Waals surface area contributed by atoms with Crippen molar-refractivity contribution < 1.29 is 14.3 Å². The zero-order valence-electron chi connectivity index (χ0n) is 12.9. The van der Waals surface area contributed by atoms with Crippen molar-refractivity contribution >= 4 is 28.0 Å². The Hall–Kier alpha value is -3.34. The largest absolute Gasteiger partial charge is 0.508 e. The topological polar surface area (TPSA) is 75.4 Å². The molecule has 0 saturated heterocycles. The number of carbonyl (C=O) groups is 1. The van der Waals surface area contributed by atoms with Crippen LogP contribution < -0.4 is 5.32 Å². The quantitative estimate of drug-likeness (QED) is 0.591. The maximum atomic E-state index is 12.3. The standard InChI is InChI=1S/C19H14N2O3/c1-20-18(23)14-10-21-19-17(16(14)11-5-3-2-4-6-11)13-9-12(22)7-8-15(13)24-19/h2-10,22H,1H3,(H,20,23). The van der Waals surface area contributed by atoms with Crippen molar-refractivity contribution in [2.24, 2.45) is 0 Å². The molecule has 5 heteroatoms. The average molecular weight is 318 g/mol. The number of amides is 1. The first-order chi connectivity index (χ1) is 11.7. The van der Waals surface area contributed by atoms with Crippen molar-refractivity contribution in [3.8, 4) is 16.9 Å². The van der Waals surface area contributed by atoms with Gasteiger partial charge in [0.05, 0.1) is 10.9 Å². The summed E-state index contributed by atoms with van der Waals surface area (Å²) in [6.45, 7) is 0. The summed E-state index contributed by atoms with van der Waals surface area (Å²) in [7, 11) is 1.58. The molecule has 0 bridgehead atoms. The minimum absolute atomic E-state index is 0.134. The molecule has 1 amide bonds. The number of nitrogens with zero attached hydrogens (tertiary/aromatic N) is 1. The third kappa shape index (κ3) is 2.10. The minimum Gasteiger partial charge on any atom is -0.508 e. The van der Waals surface area contributed by atoms with Crippen molar-refractivity contribution in [2.45, 2.75) is 0 Å². The van der Waals surface area contributed by atoms with Crippen LogP contribution in [0.25, 0.3) is 33.2 Å². The van der Waals surface area contributed by atoms with E-state index in [1.165, 1.54) is 6.20 Å². The number of hydrogen-bond acceptors (Lipinski definition) is 4. The molecule has 0 spiro atoms. The van der Waals surface area contributed by atoms with E-state index in [1.54, 1.807) is 25.2 Å². The van der Waals surface area contributed by atoms with Crippen molar-refractivity contribution in [3.05, 3.63) is 60.3 Å². The van der Waals surface area contributed by atoms with Gasteiger partial charge in [-0.1, -0.05) is 30.3 Å². The molecule has 5 nitrogen and oxygen atoms in total. The van der Waals surface area contributed by atoms with Gasteiger partial charge in [-0.15, -0.1) is 0 Å². The lowest BCUT2D eigenvalue weighted by Gasteiger charge is -2.09. The fourth-order valence-corrected chi connectivity index (χ4v) is 2.94. The molecule has 0 aliphatic rings. The molecular weight excluding hydrogens is 304 g/mol. The fraction of sp³-hybridized carbons (Fsp3) is 0.0526. The van der Waals surface area contributed by atoms with Crippen molar-refractivity contribution in [1.29, 1.82) is 0 Å². The zero-order valence-corrected chi connectivity index (χ0v) is 12.9. The third-order valence-electron chi connectivity index (χ3n) is 4.02. The summed E-state index contributed by atoms with van der Waals surface area (Å²) in [4.78, 5) is 16.6. The number of pyridine rings is 1. The van der Waals surface area contributed by atoms with Crippen LogP contribution in [-0.4, -0.2) is 23.0 Å². The van der Waals surface area contributed by atoms with Gasteiger partial charge in [0.15, 0.2) is 0 Å². The summed E-state index contributed by atoms with van der Waals surface area (Å²) in [5.41, 5.74) is 3.13. The van der Waals surface area contributed by atoms with Gasteiger partial charge >= 0.3 is 0 Å². The van der Waals surface area contributed by atoms with Crippen LogP contribution in [0.15, 0.2) is 59.1 Å². The van der Waals surface area contributed by atoms with E-state index in [0.717, 1.165) is 16.5 Å². The van der Waals surface area contributed by atoms with Gasteiger partial charge in [0.2, 0.25) is 5.71 Å². The van der Waals surface area contributed by atoms with Crippen LogP contribution in [0.2, 0.25) is 0 Å². The van der Waals surface area contributed by atoms with Gasteiger partial charge in [0.25, 0.3) is 5.91 Å². The van der Waals surface area contributed by atoms with E-state index in [0.29, 0.717) is 22.2 Å². The molecule has 0 unspecified atom stereocenters. The lowest BCUT2D eigenvalue weighted by Crippen LogP contribution is -2.19. The predicted octanol–water partition coefficient (Wildman–Crippen LogP) is 3.71. The summed E-state index contributed by atoms with van der Waals surface area (Å²) < 4.78 is 5.78. The molecule has 2 heterocycles. The van der Waals surface area contributed by atoms with Gasteiger partial charge in [0.1, 0.15) is 11.3 Å². The molecule has 118 valence electrons. The van der Waals surface area contributed by atoms with Crippen LogP contribution in [-0.2, 0) is 0 Å². The molecule has 2 aromatic carbocycles. The van der Waals surface area contributed by atoms with Gasteiger partial charge in [-0.25, -0.2) is 4.98 Å². The van der Waals surface area contributed by atoms with Crippen LogP contribution in [0.4, 0.5) is 0 Å². The van der Waals surface area contributed by atoms with E-state index in [9.17, 15) is 9.90 Å². The van der Waals surface area contributed by atoms with Gasteiger partial charge in [-0.2, -0.15) is 0 Å². The number of aromatic nitrogens is 1. The molecule has 0 aliphatic carbocycles. The van der Waals surface area contributed by atoms with E-state index in [-0.39, 0.29) is 11.7 Å². The average Bonchev–Trinajstić information content (AvgIpc) is 2.99. The molecule has 0 saturated carbocycles. The minimum atomic E-state index is -0.224. The molecule has 4 aromatic rings. The number of rotatable bonds is 2. The Morgan fingerprint density at radius 1 is 1.17 bits per heavy atom. The number of phenols is 1. The van der Waals surface area contributed by atoms with E-state index in [1.807, 2.05) is 30.3 Å². The first-order valence-electron chi connectivity index (χ1n) is 7.51. The van der Waals surface area contributed by atoms with Gasteiger partial charge in [-0.3, -0.25) is 4.79 Å². The second kappa shape index (κ2) is 5.38. The molecule has 24 heavy (non-hydrogen) atoms. The van der Waals surface area contributed by atoms with Crippen LogP contribution in [0.3, 0.4) is 0 Å². The highest BCUT2D eigenvalue weighted by atomic mass is 16.3. The maximum Gasteiger partial charge on any atom is 0.253 e. The normalized spacial score (nSPS) is 11.0. The zero-order chi connectivity index (χ0) is 16.7. The predicted molar refractivity (Wildman–Crippen MR) is 92.0 cm³/mol. The number of phenolic OH excluding ortho intramolecular Hbond substituents is 1. The maximum absolute atomic E-state index is 12.3. The van der Waals surface area contributed by atoms with Crippen molar-refractivity contribution in [1.82, 2.24) is 10.3 Å². The first kappa shape index (κ1) is 14.3. The van der Waals surface area contributed by atoms with E-state index < -0.39 is 0 Å². The Labute approximate surface area is 137 Å². The highest BCUT2D eigenvalue weighted by Crippen LogP contribution is 2.38. The van der Waals surface area contributed by atoms with Crippen LogP contribution in [0, 0.1) is 0 Å². The Kier molecular flexibility index (Phi) is 3.20.